The molecule has 7 nitrogen and oxygen atoms in total. The SMILES string of the molecule is CN=C(NCCc1cc(OC)ccc1OC)N(C)Cc1csc(C(C)OC)n1. The molecule has 0 aliphatic carbocycles. The van der Waals surface area contributed by atoms with Crippen LogP contribution in [0.3, 0.4) is 0 Å². The molecule has 1 atom stereocenters. The van der Waals surface area contributed by atoms with Gasteiger partial charge in [-0.25, -0.2) is 4.98 Å². The summed E-state index contributed by atoms with van der Waals surface area (Å²) in [6.07, 6.45) is 0.804. The number of aromatic nitrogens is 1. The predicted molar refractivity (Wildman–Crippen MR) is 114 cm³/mol. The highest BCUT2D eigenvalue weighted by atomic mass is 32.1. The van der Waals surface area contributed by atoms with E-state index in [1.807, 2.05) is 32.2 Å². The summed E-state index contributed by atoms with van der Waals surface area (Å²) >= 11 is 1.62. The third-order valence-corrected chi connectivity index (χ3v) is 5.46. The number of hydrogen-bond donors (Lipinski definition) is 1. The van der Waals surface area contributed by atoms with Gasteiger partial charge in [0.2, 0.25) is 0 Å². The minimum absolute atomic E-state index is 0.0133. The number of guanidine groups is 1. The van der Waals surface area contributed by atoms with Crippen molar-refractivity contribution < 1.29 is 14.2 Å². The van der Waals surface area contributed by atoms with E-state index >= 15 is 0 Å². The molecule has 0 saturated carbocycles. The van der Waals surface area contributed by atoms with Gasteiger partial charge < -0.3 is 24.4 Å². The van der Waals surface area contributed by atoms with Crippen LogP contribution in [0.15, 0.2) is 28.6 Å². The van der Waals surface area contributed by atoms with Crippen molar-refractivity contribution in [1.29, 1.82) is 0 Å². The lowest BCUT2D eigenvalue weighted by Gasteiger charge is -2.21. The molecule has 0 aliphatic heterocycles. The van der Waals surface area contributed by atoms with Crippen LogP contribution in [0.5, 0.6) is 11.5 Å². The number of rotatable bonds is 9. The van der Waals surface area contributed by atoms with Gasteiger partial charge >= 0.3 is 0 Å². The highest BCUT2D eigenvalue weighted by molar-refractivity contribution is 7.09. The molecule has 1 aromatic heterocycles. The zero-order valence-electron chi connectivity index (χ0n) is 17.5. The Morgan fingerprint density at radius 2 is 2.07 bits per heavy atom. The Morgan fingerprint density at radius 1 is 1.29 bits per heavy atom. The van der Waals surface area contributed by atoms with E-state index in [1.54, 1.807) is 39.7 Å². The number of hydrogen-bond acceptors (Lipinski definition) is 6. The van der Waals surface area contributed by atoms with Gasteiger partial charge in [-0.3, -0.25) is 4.99 Å². The summed E-state index contributed by atoms with van der Waals surface area (Å²) in [7, 11) is 8.82. The first-order valence-electron chi connectivity index (χ1n) is 9.12. The standard InChI is InChI=1S/C20H30N4O3S/c1-14(25-4)19-23-16(13-28-19)12-24(3)20(21-2)22-10-9-15-11-17(26-5)7-8-18(15)27-6/h7-8,11,13-14H,9-10,12H2,1-6H3,(H,21,22). The van der Waals surface area contributed by atoms with E-state index in [0.29, 0.717) is 6.54 Å². The lowest BCUT2D eigenvalue weighted by atomic mass is 10.1. The summed E-state index contributed by atoms with van der Waals surface area (Å²) in [6, 6.07) is 5.83. The molecule has 0 bridgehead atoms. The van der Waals surface area contributed by atoms with Crippen molar-refractivity contribution >= 4 is 17.3 Å². The van der Waals surface area contributed by atoms with Crippen molar-refractivity contribution in [2.24, 2.45) is 4.99 Å². The summed E-state index contributed by atoms with van der Waals surface area (Å²) in [4.78, 5) is 11.1. The highest BCUT2D eigenvalue weighted by Crippen LogP contribution is 2.24. The van der Waals surface area contributed by atoms with E-state index in [4.69, 9.17) is 14.2 Å². The summed E-state index contributed by atoms with van der Waals surface area (Å²) in [5.41, 5.74) is 2.09. The van der Waals surface area contributed by atoms with Crippen LogP contribution in [-0.2, 0) is 17.7 Å². The van der Waals surface area contributed by atoms with Crippen LogP contribution in [0.25, 0.3) is 0 Å². The number of ether oxygens (including phenoxy) is 3. The third-order valence-electron chi connectivity index (χ3n) is 4.41. The largest absolute Gasteiger partial charge is 0.497 e. The molecular weight excluding hydrogens is 376 g/mol. The third kappa shape index (κ3) is 5.84. The number of thiazole rings is 1. The lowest BCUT2D eigenvalue weighted by Crippen LogP contribution is -2.39. The first-order valence-corrected chi connectivity index (χ1v) is 10.00. The number of benzene rings is 1. The van der Waals surface area contributed by atoms with Crippen molar-refractivity contribution in [3.8, 4) is 11.5 Å². The Labute approximate surface area is 171 Å². The molecule has 1 N–H and O–H groups in total. The summed E-state index contributed by atoms with van der Waals surface area (Å²) in [6.45, 7) is 3.40. The Morgan fingerprint density at radius 3 is 2.71 bits per heavy atom. The number of nitrogens with zero attached hydrogens (tertiary/aromatic N) is 3. The predicted octanol–water partition coefficient (Wildman–Crippen LogP) is 3.12. The Hall–Kier alpha value is -2.32. The van der Waals surface area contributed by atoms with E-state index < -0.39 is 0 Å². The van der Waals surface area contributed by atoms with Crippen molar-refractivity contribution in [3.63, 3.8) is 0 Å². The van der Waals surface area contributed by atoms with Crippen LogP contribution >= 0.6 is 11.3 Å². The maximum atomic E-state index is 5.44. The topological polar surface area (TPSA) is 68.2 Å². The minimum Gasteiger partial charge on any atom is -0.497 e. The van der Waals surface area contributed by atoms with Gasteiger partial charge in [0, 0.05) is 33.1 Å². The van der Waals surface area contributed by atoms with Crippen LogP contribution < -0.4 is 14.8 Å². The van der Waals surface area contributed by atoms with E-state index in [0.717, 1.165) is 46.7 Å². The lowest BCUT2D eigenvalue weighted by molar-refractivity contribution is 0.119. The molecule has 0 saturated heterocycles. The van der Waals surface area contributed by atoms with Crippen LogP contribution in [0.2, 0.25) is 0 Å². The van der Waals surface area contributed by atoms with Gasteiger partial charge in [-0.2, -0.15) is 0 Å². The monoisotopic (exact) mass is 406 g/mol. The van der Waals surface area contributed by atoms with Crippen molar-refractivity contribution in [2.45, 2.75) is 26.0 Å². The Balaban J connectivity index is 1.93. The average Bonchev–Trinajstić information content (AvgIpc) is 3.18. The van der Waals surface area contributed by atoms with Gasteiger partial charge in [0.1, 0.15) is 22.6 Å². The van der Waals surface area contributed by atoms with Crippen LogP contribution in [0.4, 0.5) is 0 Å². The minimum atomic E-state index is 0.0133. The van der Waals surface area contributed by atoms with Crippen LogP contribution in [0.1, 0.15) is 29.3 Å². The quantitative estimate of drug-likeness (QED) is 0.510. The molecule has 0 aliphatic rings. The van der Waals surface area contributed by atoms with Crippen molar-refractivity contribution in [3.05, 3.63) is 39.8 Å². The molecule has 0 spiro atoms. The molecule has 1 heterocycles. The highest BCUT2D eigenvalue weighted by Gasteiger charge is 2.13. The molecule has 154 valence electrons. The second kappa shape index (κ2) is 10.9. The second-order valence-corrected chi connectivity index (χ2v) is 7.20. The molecule has 1 unspecified atom stereocenters. The fourth-order valence-electron chi connectivity index (χ4n) is 2.77. The number of aliphatic imine (C=N–C) groups is 1. The zero-order valence-corrected chi connectivity index (χ0v) is 18.3. The maximum absolute atomic E-state index is 5.44. The summed E-state index contributed by atoms with van der Waals surface area (Å²) < 4.78 is 16.1. The van der Waals surface area contributed by atoms with E-state index in [1.165, 1.54) is 0 Å². The molecule has 8 heteroatoms. The van der Waals surface area contributed by atoms with Gasteiger partial charge in [-0.1, -0.05) is 0 Å². The van der Waals surface area contributed by atoms with Gasteiger partial charge in [0.25, 0.3) is 0 Å². The smallest absolute Gasteiger partial charge is 0.193 e. The molecule has 0 radical (unpaired) electrons. The van der Waals surface area contributed by atoms with Crippen LogP contribution in [-0.4, -0.2) is 57.8 Å². The second-order valence-electron chi connectivity index (χ2n) is 6.31. The summed E-state index contributed by atoms with van der Waals surface area (Å²) in [5.74, 6) is 2.49. The normalized spacial score (nSPS) is 12.6. The Kier molecular flexibility index (Phi) is 8.53. The van der Waals surface area contributed by atoms with Crippen molar-refractivity contribution in [1.82, 2.24) is 15.2 Å². The van der Waals surface area contributed by atoms with Gasteiger partial charge in [0.15, 0.2) is 5.96 Å². The molecule has 0 fully saturated rings. The zero-order chi connectivity index (χ0) is 20.5. The maximum Gasteiger partial charge on any atom is 0.193 e. The van der Waals surface area contributed by atoms with Crippen LogP contribution in [0, 0.1) is 0 Å². The van der Waals surface area contributed by atoms with E-state index in [-0.39, 0.29) is 6.10 Å². The van der Waals surface area contributed by atoms with E-state index in [2.05, 4.69) is 25.6 Å². The molecule has 0 amide bonds. The average molecular weight is 407 g/mol. The molecule has 1 aromatic carbocycles. The molecule has 28 heavy (non-hydrogen) atoms. The fraction of sp³-hybridized carbons (Fsp3) is 0.500. The van der Waals surface area contributed by atoms with Gasteiger partial charge in [-0.05, 0) is 37.1 Å². The first kappa shape index (κ1) is 22.0. The van der Waals surface area contributed by atoms with Gasteiger partial charge in [-0.15, -0.1) is 11.3 Å². The molecule has 2 rings (SSSR count). The van der Waals surface area contributed by atoms with Gasteiger partial charge in [0.05, 0.1) is 26.5 Å². The fourth-order valence-corrected chi connectivity index (χ4v) is 3.61. The summed E-state index contributed by atoms with van der Waals surface area (Å²) in [5, 5.41) is 6.45. The number of nitrogens with one attached hydrogen (secondary N) is 1. The molecular formula is C20H30N4O3S. The van der Waals surface area contributed by atoms with E-state index in [9.17, 15) is 0 Å². The van der Waals surface area contributed by atoms with Crippen molar-refractivity contribution in [2.75, 3.05) is 42.0 Å². The number of methoxy groups -OCH3 is 3. The first-order chi connectivity index (χ1) is 13.5. The molecule has 2 aromatic rings. The Bertz CT molecular complexity index is 779.